The number of carbonyl (C=O) groups excluding carboxylic acids is 1. The molecular weight excluding hydrogens is 559 g/mol. The Labute approximate surface area is 228 Å². The Morgan fingerprint density at radius 1 is 1.34 bits per heavy atom. The largest absolute Gasteiger partial charge is 0.466 e. The number of aromatic nitrogens is 1. The van der Waals surface area contributed by atoms with E-state index in [4.69, 9.17) is 26.1 Å². The van der Waals surface area contributed by atoms with Crippen molar-refractivity contribution in [1.82, 2.24) is 24.2 Å². The molecule has 0 spiro atoms. The maximum Gasteiger partial charge on any atom is 0.338 e. The molecule has 0 radical (unpaired) electrons. The molecule has 2 aromatic rings. The van der Waals surface area contributed by atoms with E-state index in [1.54, 1.807) is 6.20 Å². The molecule has 2 N–H and O–H groups in total. The maximum absolute atomic E-state index is 13.9. The van der Waals surface area contributed by atoms with Crippen LogP contribution in [0.2, 0.25) is 5.02 Å². The van der Waals surface area contributed by atoms with Crippen LogP contribution in [-0.4, -0.2) is 93.5 Å². The highest BCUT2D eigenvalue weighted by atomic mass is 35.5. The van der Waals surface area contributed by atoms with E-state index in [1.807, 2.05) is 5.38 Å². The molecule has 2 unspecified atom stereocenters. The molecule has 3 atom stereocenters. The highest BCUT2D eigenvalue weighted by Crippen LogP contribution is 2.37. The Bertz CT molecular complexity index is 1370. The molecule has 2 bridgehead atoms. The molecule has 38 heavy (non-hydrogen) atoms. The first-order chi connectivity index (χ1) is 18.2. The van der Waals surface area contributed by atoms with Gasteiger partial charge in [0.1, 0.15) is 11.9 Å². The summed E-state index contributed by atoms with van der Waals surface area (Å²) in [4.78, 5) is 24.4. The first-order valence-corrected chi connectivity index (χ1v) is 14.4. The summed E-state index contributed by atoms with van der Waals surface area (Å²) in [6, 6.07) is 2.55. The normalized spacial score (nSPS) is 24.6. The molecule has 1 aromatic carbocycles. The van der Waals surface area contributed by atoms with Crippen LogP contribution in [0, 0.1) is 5.82 Å². The van der Waals surface area contributed by atoms with Crippen LogP contribution in [0.4, 0.5) is 4.39 Å². The molecule has 0 aliphatic carbocycles. The van der Waals surface area contributed by atoms with Crippen LogP contribution in [0.15, 0.2) is 46.0 Å². The lowest BCUT2D eigenvalue weighted by atomic mass is 9.94. The molecule has 2 saturated heterocycles. The molecule has 3 aliphatic heterocycles. The van der Waals surface area contributed by atoms with Crippen LogP contribution < -0.4 is 10.0 Å². The second-order valence-electron chi connectivity index (χ2n) is 8.94. The zero-order valence-corrected chi connectivity index (χ0v) is 22.9. The number of morpholine rings is 1. The van der Waals surface area contributed by atoms with Gasteiger partial charge >= 0.3 is 5.97 Å². The van der Waals surface area contributed by atoms with Gasteiger partial charge in [0.25, 0.3) is 10.2 Å². The number of halogens is 2. The fourth-order valence-corrected chi connectivity index (χ4v) is 6.78. The average molecular weight is 585 g/mol. The predicted octanol–water partition coefficient (Wildman–Crippen LogP) is 1.30. The third kappa shape index (κ3) is 5.21. The Kier molecular flexibility index (Phi) is 7.82. The predicted molar refractivity (Wildman–Crippen MR) is 140 cm³/mol. The number of ether oxygens (including phenoxy) is 2. The molecule has 11 nitrogen and oxygen atoms in total. The van der Waals surface area contributed by atoms with Crippen LogP contribution in [-0.2, 0) is 24.5 Å². The number of carbonyl (C=O) groups is 1. The van der Waals surface area contributed by atoms with Crippen molar-refractivity contribution in [2.45, 2.75) is 18.1 Å². The molecule has 204 valence electrons. The summed E-state index contributed by atoms with van der Waals surface area (Å²) in [5.41, 5.74) is 1.19. The first kappa shape index (κ1) is 27.1. The number of nitrogens with zero attached hydrogens (tertiary/aromatic N) is 4. The number of hydrogen-bond acceptors (Lipinski definition) is 10. The Balaban J connectivity index is 1.56. The first-order valence-electron chi connectivity index (χ1n) is 11.7. The van der Waals surface area contributed by atoms with Crippen LogP contribution in [0.5, 0.6) is 0 Å². The van der Waals surface area contributed by atoms with E-state index in [2.05, 4.69) is 19.9 Å². The molecule has 15 heteroatoms. The molecule has 1 aromatic heterocycles. The molecule has 2 fully saturated rings. The van der Waals surface area contributed by atoms with Crippen molar-refractivity contribution < 1.29 is 27.1 Å². The van der Waals surface area contributed by atoms with Gasteiger partial charge in [-0.2, -0.15) is 12.7 Å². The van der Waals surface area contributed by atoms with Gasteiger partial charge < -0.3 is 14.8 Å². The number of benzene rings is 1. The highest BCUT2D eigenvalue weighted by molar-refractivity contribution is 7.87. The van der Waals surface area contributed by atoms with Crippen LogP contribution in [0.1, 0.15) is 16.6 Å². The minimum absolute atomic E-state index is 0.121. The SMILES string of the molecule is CNS(=O)(=O)N1CC2COCC(C1)N2CC1=C(C(=O)OC)[C@H](c2ccc(F)cc2Cl)N=C(c2nccs2)N1. The van der Waals surface area contributed by atoms with Gasteiger partial charge in [-0.1, -0.05) is 17.7 Å². The minimum Gasteiger partial charge on any atom is -0.466 e. The lowest BCUT2D eigenvalue weighted by Crippen LogP contribution is -2.66. The quantitative estimate of drug-likeness (QED) is 0.467. The standard InChI is InChI=1S/C23H26ClFN6O5S2/c1-26-38(33,34)30-8-14-11-36-12-15(9-30)31(14)10-18-19(23(32)35-2)20(16-4-3-13(25)7-17(16)24)29-21(28-18)22-27-5-6-37-22/h3-7,14-15,20,26H,8-12H2,1-2H3,(H,28,29)/t14?,15?,20-/m0/s1. The van der Waals surface area contributed by atoms with Crippen molar-refractivity contribution in [3.63, 3.8) is 0 Å². The van der Waals surface area contributed by atoms with Gasteiger partial charge in [0, 0.05) is 66.6 Å². The summed E-state index contributed by atoms with van der Waals surface area (Å²) < 4.78 is 53.6. The lowest BCUT2D eigenvalue weighted by Gasteiger charge is -2.49. The van der Waals surface area contributed by atoms with Gasteiger partial charge in [-0.25, -0.2) is 18.9 Å². The molecule has 5 rings (SSSR count). The third-order valence-electron chi connectivity index (χ3n) is 6.75. The smallest absolute Gasteiger partial charge is 0.338 e. The van der Waals surface area contributed by atoms with Gasteiger partial charge in [-0.3, -0.25) is 9.89 Å². The number of rotatable bonds is 7. The molecule has 0 amide bonds. The third-order valence-corrected chi connectivity index (χ3v) is 9.35. The van der Waals surface area contributed by atoms with Gasteiger partial charge in [0.05, 0.1) is 25.9 Å². The van der Waals surface area contributed by atoms with Crippen molar-refractivity contribution in [3.05, 3.63) is 62.5 Å². The molecule has 0 saturated carbocycles. The van der Waals surface area contributed by atoms with E-state index in [0.29, 0.717) is 35.3 Å². The number of esters is 1. The zero-order chi connectivity index (χ0) is 27.0. The summed E-state index contributed by atoms with van der Waals surface area (Å²) >= 11 is 7.80. The van der Waals surface area contributed by atoms with E-state index in [9.17, 15) is 17.6 Å². The fourth-order valence-electron chi connectivity index (χ4n) is 4.92. The summed E-state index contributed by atoms with van der Waals surface area (Å²) in [6.07, 6.45) is 1.65. The van der Waals surface area contributed by atoms with Crippen LogP contribution in [0.25, 0.3) is 0 Å². The van der Waals surface area contributed by atoms with Gasteiger partial charge in [0.2, 0.25) is 0 Å². The fraction of sp³-hybridized carbons (Fsp3) is 0.435. The van der Waals surface area contributed by atoms with Crippen molar-refractivity contribution >= 4 is 45.0 Å². The van der Waals surface area contributed by atoms with Gasteiger partial charge in [-0.15, -0.1) is 11.3 Å². The van der Waals surface area contributed by atoms with Gasteiger partial charge in [-0.05, 0) is 12.1 Å². The molecular formula is C23H26ClFN6O5S2. The summed E-state index contributed by atoms with van der Waals surface area (Å²) in [6.45, 7) is 1.36. The van der Waals surface area contributed by atoms with E-state index in [0.717, 1.165) is 0 Å². The van der Waals surface area contributed by atoms with E-state index in [1.165, 1.54) is 48.0 Å². The van der Waals surface area contributed by atoms with Crippen molar-refractivity contribution in [2.24, 2.45) is 4.99 Å². The van der Waals surface area contributed by atoms with E-state index in [-0.39, 0.29) is 42.3 Å². The average Bonchev–Trinajstić information content (AvgIpc) is 3.43. The number of thiazole rings is 1. The number of nitrogens with one attached hydrogen (secondary N) is 2. The van der Waals surface area contributed by atoms with Crippen LogP contribution in [0.3, 0.4) is 0 Å². The number of aliphatic imine (C=N–C) groups is 1. The topological polar surface area (TPSA) is 125 Å². The minimum atomic E-state index is -3.61. The van der Waals surface area contributed by atoms with E-state index < -0.39 is 28.0 Å². The summed E-state index contributed by atoms with van der Waals surface area (Å²) in [5, 5.41) is 5.80. The number of fused-ring (bicyclic) bond motifs is 2. The van der Waals surface area contributed by atoms with Crippen molar-refractivity contribution in [2.75, 3.05) is 47.0 Å². The van der Waals surface area contributed by atoms with Gasteiger partial charge in [0.15, 0.2) is 10.8 Å². The maximum atomic E-state index is 13.9. The molecule has 3 aliphatic rings. The molecule has 4 heterocycles. The number of methoxy groups -OCH3 is 1. The highest BCUT2D eigenvalue weighted by Gasteiger charge is 2.43. The Hall–Kier alpha value is -2.46. The Morgan fingerprint density at radius 3 is 2.68 bits per heavy atom. The van der Waals surface area contributed by atoms with E-state index >= 15 is 0 Å². The van der Waals surface area contributed by atoms with Crippen LogP contribution >= 0.6 is 22.9 Å². The van der Waals surface area contributed by atoms with Crippen molar-refractivity contribution in [3.8, 4) is 0 Å². The lowest BCUT2D eigenvalue weighted by molar-refractivity contribution is -0.136. The Morgan fingerprint density at radius 2 is 2.08 bits per heavy atom. The summed E-state index contributed by atoms with van der Waals surface area (Å²) in [7, 11) is -0.951. The second kappa shape index (κ2) is 11.0. The number of hydrogen-bond donors (Lipinski definition) is 2. The van der Waals surface area contributed by atoms with Crippen molar-refractivity contribution in [1.29, 1.82) is 0 Å². The number of amidine groups is 1. The zero-order valence-electron chi connectivity index (χ0n) is 20.6. The number of piperazine rings is 1. The second-order valence-corrected chi connectivity index (χ2v) is 12.1. The monoisotopic (exact) mass is 584 g/mol. The summed E-state index contributed by atoms with van der Waals surface area (Å²) in [5.74, 6) is -0.689.